The molecule has 1 atom stereocenters. The number of nitrogens with zero attached hydrogens (tertiary/aromatic N) is 2. The molecule has 210 valence electrons. The summed E-state index contributed by atoms with van der Waals surface area (Å²) in [5.74, 6) is 0.662. The molecule has 0 aliphatic carbocycles. The number of hydrogen-bond acceptors (Lipinski definition) is 7. The van der Waals surface area contributed by atoms with E-state index in [1.165, 1.54) is 11.3 Å². The zero-order valence-corrected chi connectivity index (χ0v) is 26.5. The van der Waals surface area contributed by atoms with Crippen LogP contribution in [-0.2, 0) is 16.1 Å². The monoisotopic (exact) mass is 696 g/mol. The average Bonchev–Trinajstić information content (AvgIpc) is 3.26. The van der Waals surface area contributed by atoms with Gasteiger partial charge in [0.25, 0.3) is 5.56 Å². The lowest BCUT2D eigenvalue weighted by molar-refractivity contribution is -0.139. The Bertz CT molecular complexity index is 1810. The van der Waals surface area contributed by atoms with Gasteiger partial charge in [-0.2, -0.15) is 0 Å². The first-order chi connectivity index (χ1) is 19.8. The third-order valence-corrected chi connectivity index (χ3v) is 8.54. The summed E-state index contributed by atoms with van der Waals surface area (Å²) >= 11 is 8.18. The zero-order valence-electron chi connectivity index (χ0n) is 22.5. The van der Waals surface area contributed by atoms with Gasteiger partial charge in [0.05, 0.1) is 35.6 Å². The van der Waals surface area contributed by atoms with E-state index in [2.05, 4.69) is 36.9 Å². The van der Waals surface area contributed by atoms with E-state index in [1.807, 2.05) is 66.7 Å². The first kappa shape index (κ1) is 29.0. The number of carbonyl (C=O) groups is 1. The molecule has 0 N–H and O–H groups in total. The van der Waals surface area contributed by atoms with Gasteiger partial charge in [-0.25, -0.2) is 9.79 Å². The van der Waals surface area contributed by atoms with Crippen molar-refractivity contribution in [3.63, 3.8) is 0 Å². The van der Waals surface area contributed by atoms with Crippen LogP contribution in [0.3, 0.4) is 0 Å². The quantitative estimate of drug-likeness (QED) is 0.214. The van der Waals surface area contributed by atoms with Crippen molar-refractivity contribution in [3.05, 3.63) is 123 Å². The Balaban J connectivity index is 1.53. The Hall–Kier alpha value is -3.47. The topological polar surface area (TPSA) is 79.1 Å². The highest BCUT2D eigenvalue weighted by atomic mass is 79.9. The van der Waals surface area contributed by atoms with Crippen LogP contribution in [0.15, 0.2) is 96.7 Å². The minimum Gasteiger partial charge on any atom is -0.493 e. The number of aromatic nitrogens is 1. The molecule has 3 aromatic carbocycles. The summed E-state index contributed by atoms with van der Waals surface area (Å²) in [6.07, 6.45) is 1.80. The second-order valence-corrected chi connectivity index (χ2v) is 12.0. The van der Waals surface area contributed by atoms with Gasteiger partial charge in [-0.1, -0.05) is 73.5 Å². The molecular formula is C31H26Br2N2O5S. The molecule has 0 saturated carbocycles. The van der Waals surface area contributed by atoms with Crippen molar-refractivity contribution in [2.75, 3.05) is 13.7 Å². The molecule has 0 radical (unpaired) electrons. The molecular weight excluding hydrogens is 672 g/mol. The summed E-state index contributed by atoms with van der Waals surface area (Å²) in [5.41, 5.74) is 3.21. The maximum absolute atomic E-state index is 13.8. The van der Waals surface area contributed by atoms with Crippen LogP contribution < -0.4 is 24.4 Å². The Morgan fingerprint density at radius 1 is 1.02 bits per heavy atom. The van der Waals surface area contributed by atoms with E-state index in [4.69, 9.17) is 14.2 Å². The highest BCUT2D eigenvalue weighted by molar-refractivity contribution is 9.10. The highest BCUT2D eigenvalue weighted by Crippen LogP contribution is 2.32. The molecule has 1 aliphatic heterocycles. The first-order valence-corrected chi connectivity index (χ1v) is 15.2. The summed E-state index contributed by atoms with van der Waals surface area (Å²) in [5, 5.41) is 0. The van der Waals surface area contributed by atoms with Crippen LogP contribution in [0.4, 0.5) is 0 Å². The molecule has 1 aliphatic rings. The fourth-order valence-corrected chi connectivity index (χ4v) is 6.11. The third kappa shape index (κ3) is 6.24. The number of fused-ring (bicyclic) bond motifs is 1. The standard InChI is InChI=1S/C31H26Br2N2O5S/c1-4-39-30(37)27-18(2)34-31-35(28(27)21-8-12-23(33)13-9-21)29(36)26(41-31)16-20-7-14-24(25(15-20)38-3)40-17-19-5-10-22(32)11-6-19/h5-16,28H,4,17H2,1-3H3/b26-16-/t28-/m1/s1. The van der Waals surface area contributed by atoms with Gasteiger partial charge in [-0.15, -0.1) is 0 Å². The maximum Gasteiger partial charge on any atom is 0.338 e. The third-order valence-electron chi connectivity index (χ3n) is 6.50. The summed E-state index contributed by atoms with van der Waals surface area (Å²) in [6.45, 7) is 4.13. The number of ether oxygens (including phenoxy) is 3. The van der Waals surface area contributed by atoms with Gasteiger partial charge in [-0.3, -0.25) is 9.36 Å². The molecule has 0 fully saturated rings. The van der Waals surface area contributed by atoms with E-state index < -0.39 is 12.0 Å². The van der Waals surface area contributed by atoms with Crippen LogP contribution >= 0.6 is 43.2 Å². The minimum absolute atomic E-state index is 0.220. The fourth-order valence-electron chi connectivity index (χ4n) is 4.54. The van der Waals surface area contributed by atoms with E-state index in [1.54, 1.807) is 31.6 Å². The predicted octanol–water partition coefficient (Wildman–Crippen LogP) is 5.91. The van der Waals surface area contributed by atoms with Gasteiger partial charge in [0, 0.05) is 8.95 Å². The van der Waals surface area contributed by atoms with Crippen LogP contribution in [-0.4, -0.2) is 24.3 Å². The molecule has 2 heterocycles. The van der Waals surface area contributed by atoms with Gasteiger partial charge in [0.15, 0.2) is 16.3 Å². The molecule has 4 aromatic rings. The second-order valence-electron chi connectivity index (χ2n) is 9.18. The summed E-state index contributed by atoms with van der Waals surface area (Å²) in [4.78, 5) is 32.0. The van der Waals surface area contributed by atoms with Gasteiger partial charge >= 0.3 is 5.97 Å². The number of rotatable bonds is 8. The van der Waals surface area contributed by atoms with Crippen LogP contribution in [0.1, 0.15) is 36.6 Å². The minimum atomic E-state index is -0.663. The summed E-state index contributed by atoms with van der Waals surface area (Å²) in [7, 11) is 1.58. The number of methoxy groups -OCH3 is 1. The van der Waals surface area contributed by atoms with E-state index in [0.29, 0.717) is 38.7 Å². The Labute approximate surface area is 257 Å². The maximum atomic E-state index is 13.8. The fraction of sp³-hybridized carbons (Fsp3) is 0.194. The van der Waals surface area contributed by atoms with Crippen LogP contribution in [0, 0.1) is 0 Å². The summed E-state index contributed by atoms with van der Waals surface area (Å²) in [6, 6.07) is 20.3. The van der Waals surface area contributed by atoms with Crippen LogP contribution in [0.25, 0.3) is 6.08 Å². The lowest BCUT2D eigenvalue weighted by Gasteiger charge is -2.24. The first-order valence-electron chi connectivity index (χ1n) is 12.8. The summed E-state index contributed by atoms with van der Waals surface area (Å²) < 4.78 is 20.9. The SMILES string of the molecule is CCOC(=O)C1=C(C)N=c2s/c(=C\c3ccc(OCc4ccc(Br)cc4)c(OC)c3)c(=O)n2[C@@H]1c1ccc(Br)cc1. The van der Waals surface area contributed by atoms with Crippen molar-refractivity contribution < 1.29 is 19.0 Å². The van der Waals surface area contributed by atoms with Crippen molar-refractivity contribution >= 4 is 55.2 Å². The van der Waals surface area contributed by atoms with E-state index in [9.17, 15) is 9.59 Å². The van der Waals surface area contributed by atoms with Crippen LogP contribution in [0.5, 0.6) is 11.5 Å². The molecule has 0 unspecified atom stereocenters. The molecule has 7 nitrogen and oxygen atoms in total. The number of thiazole rings is 1. The number of allylic oxidation sites excluding steroid dienone is 1. The Kier molecular flexibility index (Phi) is 8.91. The number of halogens is 2. The zero-order chi connectivity index (χ0) is 29.1. The van der Waals surface area contributed by atoms with Crippen molar-refractivity contribution in [3.8, 4) is 11.5 Å². The molecule has 0 bridgehead atoms. The molecule has 41 heavy (non-hydrogen) atoms. The van der Waals surface area contributed by atoms with Crippen molar-refractivity contribution in [2.45, 2.75) is 26.5 Å². The number of hydrogen-bond donors (Lipinski definition) is 0. The van der Waals surface area contributed by atoms with E-state index in [0.717, 1.165) is 25.6 Å². The number of carbonyl (C=O) groups excluding carboxylic acids is 1. The molecule has 0 saturated heterocycles. The van der Waals surface area contributed by atoms with Gasteiger partial charge in [-0.05, 0) is 73.0 Å². The lowest BCUT2D eigenvalue weighted by Crippen LogP contribution is -2.39. The second kappa shape index (κ2) is 12.6. The number of benzene rings is 3. The van der Waals surface area contributed by atoms with Gasteiger partial charge in [0.1, 0.15) is 6.61 Å². The Morgan fingerprint density at radius 2 is 1.71 bits per heavy atom. The average molecular weight is 698 g/mol. The van der Waals surface area contributed by atoms with Gasteiger partial charge < -0.3 is 14.2 Å². The normalized spacial score (nSPS) is 14.9. The molecule has 5 rings (SSSR count). The molecule has 0 amide bonds. The molecule has 10 heteroatoms. The Morgan fingerprint density at radius 3 is 2.37 bits per heavy atom. The highest BCUT2D eigenvalue weighted by Gasteiger charge is 2.33. The molecule has 0 spiro atoms. The number of esters is 1. The van der Waals surface area contributed by atoms with Crippen LogP contribution in [0.2, 0.25) is 0 Å². The van der Waals surface area contributed by atoms with Gasteiger partial charge in [0.2, 0.25) is 0 Å². The van der Waals surface area contributed by atoms with E-state index in [-0.39, 0.29) is 12.2 Å². The van der Waals surface area contributed by atoms with Crippen molar-refractivity contribution in [2.24, 2.45) is 4.99 Å². The lowest BCUT2D eigenvalue weighted by atomic mass is 9.96. The van der Waals surface area contributed by atoms with Crippen molar-refractivity contribution in [1.29, 1.82) is 0 Å². The molecule has 1 aromatic heterocycles. The largest absolute Gasteiger partial charge is 0.493 e. The van der Waals surface area contributed by atoms with E-state index >= 15 is 0 Å². The smallest absolute Gasteiger partial charge is 0.338 e. The predicted molar refractivity (Wildman–Crippen MR) is 166 cm³/mol. The van der Waals surface area contributed by atoms with Crippen molar-refractivity contribution in [1.82, 2.24) is 4.57 Å².